The van der Waals surface area contributed by atoms with E-state index in [0.29, 0.717) is 44.4 Å². The van der Waals surface area contributed by atoms with Gasteiger partial charge in [0.1, 0.15) is 11.5 Å². The van der Waals surface area contributed by atoms with Gasteiger partial charge in [-0.1, -0.05) is 12.1 Å². The van der Waals surface area contributed by atoms with Crippen molar-refractivity contribution >= 4 is 11.7 Å². The molecule has 1 aromatic carbocycles. The van der Waals surface area contributed by atoms with E-state index < -0.39 is 23.5 Å². The number of ether oxygens (including phenoxy) is 2. The van der Waals surface area contributed by atoms with Crippen molar-refractivity contribution in [1.82, 2.24) is 9.80 Å². The number of aliphatic hydroxyl groups excluding tert-OH is 1. The van der Waals surface area contributed by atoms with Gasteiger partial charge in [-0.05, 0) is 43.7 Å². The molecule has 0 saturated carbocycles. The lowest BCUT2D eigenvalue weighted by Gasteiger charge is -2.31. The molecule has 1 aromatic heterocycles. The Morgan fingerprint density at radius 3 is 2.47 bits per heavy atom. The lowest BCUT2D eigenvalue weighted by molar-refractivity contribution is -0.129. The van der Waals surface area contributed by atoms with E-state index in [0.717, 1.165) is 18.7 Å². The van der Waals surface area contributed by atoms with Crippen LogP contribution in [0.4, 0.5) is 0 Å². The van der Waals surface area contributed by atoms with Crippen LogP contribution in [-0.2, 0) is 9.53 Å². The van der Waals surface area contributed by atoms with Crippen molar-refractivity contribution in [3.63, 3.8) is 0 Å². The molecule has 4 rings (SSSR count). The first kappa shape index (κ1) is 22.1. The van der Waals surface area contributed by atoms with Crippen molar-refractivity contribution in [3.05, 3.63) is 64.8 Å². The minimum atomic E-state index is -0.711. The largest absolute Gasteiger partial charge is 0.503 e. The van der Waals surface area contributed by atoms with Crippen LogP contribution < -0.4 is 4.74 Å². The highest BCUT2D eigenvalue weighted by atomic mass is 16.5. The number of carbonyl (C=O) groups excluding carboxylic acids is 2. The van der Waals surface area contributed by atoms with E-state index in [-0.39, 0.29) is 11.3 Å². The molecule has 3 heterocycles. The first-order valence-electron chi connectivity index (χ1n) is 10.9. The van der Waals surface area contributed by atoms with Gasteiger partial charge in [-0.15, -0.1) is 0 Å². The van der Waals surface area contributed by atoms with E-state index in [1.165, 1.54) is 0 Å². The number of nitrogens with zero attached hydrogens (tertiary/aromatic N) is 2. The molecule has 1 atom stereocenters. The van der Waals surface area contributed by atoms with Gasteiger partial charge in [0.05, 0.1) is 31.4 Å². The number of Topliss-reactive ketones (excluding diaryl/α,β-unsaturated/α-hetero) is 1. The fourth-order valence-corrected chi connectivity index (χ4v) is 4.14. The number of hydrogen-bond acceptors (Lipinski definition) is 7. The Balaban J connectivity index is 1.66. The average Bonchev–Trinajstić information content (AvgIpc) is 3.35. The summed E-state index contributed by atoms with van der Waals surface area (Å²) in [6, 6.07) is 9.79. The van der Waals surface area contributed by atoms with Crippen LogP contribution in [0.1, 0.15) is 34.8 Å². The summed E-state index contributed by atoms with van der Waals surface area (Å²) < 4.78 is 16.4. The summed E-state index contributed by atoms with van der Waals surface area (Å²) in [4.78, 5) is 30.1. The summed E-state index contributed by atoms with van der Waals surface area (Å²) in [5.74, 6) is -0.184. The number of aliphatic hydroxyl groups is 1. The molecule has 0 spiro atoms. The predicted octanol–water partition coefficient (Wildman–Crippen LogP) is 2.90. The number of furan rings is 1. The average molecular weight is 440 g/mol. The Bertz CT molecular complexity index is 1000. The summed E-state index contributed by atoms with van der Waals surface area (Å²) in [6.07, 6.45) is 0. The minimum Gasteiger partial charge on any atom is -0.503 e. The molecule has 0 radical (unpaired) electrons. The van der Waals surface area contributed by atoms with Crippen LogP contribution in [0.25, 0.3) is 0 Å². The van der Waals surface area contributed by atoms with E-state index in [4.69, 9.17) is 13.9 Å². The second-order valence-corrected chi connectivity index (χ2v) is 7.86. The van der Waals surface area contributed by atoms with Crippen LogP contribution in [0, 0.1) is 6.92 Å². The lowest BCUT2D eigenvalue weighted by atomic mass is 9.95. The fourth-order valence-electron chi connectivity index (χ4n) is 4.14. The molecule has 8 nitrogen and oxygen atoms in total. The molecule has 32 heavy (non-hydrogen) atoms. The van der Waals surface area contributed by atoms with Gasteiger partial charge < -0.3 is 23.9 Å². The topological polar surface area (TPSA) is 92.5 Å². The van der Waals surface area contributed by atoms with Gasteiger partial charge in [0.2, 0.25) is 5.78 Å². The van der Waals surface area contributed by atoms with Crippen LogP contribution in [0.15, 0.2) is 52.1 Å². The molecule has 170 valence electrons. The van der Waals surface area contributed by atoms with Gasteiger partial charge >= 0.3 is 0 Å². The zero-order chi connectivity index (χ0) is 22.7. The van der Waals surface area contributed by atoms with Crippen molar-refractivity contribution in [2.45, 2.75) is 19.9 Å². The van der Waals surface area contributed by atoms with Crippen LogP contribution in [0.3, 0.4) is 0 Å². The van der Waals surface area contributed by atoms with E-state index in [1.54, 1.807) is 36.1 Å². The minimum absolute atomic E-state index is 0.0375. The highest BCUT2D eigenvalue weighted by Crippen LogP contribution is 2.39. The molecule has 1 saturated heterocycles. The number of hydrogen-bond donors (Lipinski definition) is 1. The molecule has 1 N–H and O–H groups in total. The quantitative estimate of drug-likeness (QED) is 0.631. The van der Waals surface area contributed by atoms with Crippen LogP contribution in [-0.4, -0.2) is 72.6 Å². The Morgan fingerprint density at radius 1 is 1.12 bits per heavy atom. The fraction of sp³-hybridized carbons (Fsp3) is 0.417. The number of morpholine rings is 1. The second kappa shape index (κ2) is 9.58. The molecule has 1 amide bonds. The third-order valence-corrected chi connectivity index (χ3v) is 5.78. The monoisotopic (exact) mass is 440 g/mol. The summed E-state index contributed by atoms with van der Waals surface area (Å²) in [5.41, 5.74) is 0.759. The van der Waals surface area contributed by atoms with Crippen molar-refractivity contribution in [2.75, 3.05) is 46.0 Å². The summed E-state index contributed by atoms with van der Waals surface area (Å²) in [5, 5.41) is 10.7. The third kappa shape index (κ3) is 4.42. The van der Waals surface area contributed by atoms with E-state index >= 15 is 0 Å². The number of carbonyl (C=O) groups is 2. The maximum atomic E-state index is 13.3. The number of rotatable bonds is 8. The Kier molecular flexibility index (Phi) is 6.62. The molecule has 8 heteroatoms. The van der Waals surface area contributed by atoms with Crippen LogP contribution in [0.2, 0.25) is 0 Å². The van der Waals surface area contributed by atoms with Gasteiger partial charge in [0.25, 0.3) is 5.91 Å². The Morgan fingerprint density at radius 2 is 1.84 bits per heavy atom. The van der Waals surface area contributed by atoms with Gasteiger partial charge in [0, 0.05) is 26.2 Å². The normalized spacial score (nSPS) is 19.6. The molecular weight excluding hydrogens is 412 g/mol. The molecule has 2 aromatic rings. The Hall–Kier alpha value is -3.10. The first-order chi connectivity index (χ1) is 15.5. The molecule has 1 unspecified atom stereocenters. The maximum Gasteiger partial charge on any atom is 0.290 e. The van der Waals surface area contributed by atoms with Gasteiger partial charge in [-0.3, -0.25) is 14.5 Å². The highest BCUT2D eigenvalue weighted by Gasteiger charge is 2.44. The molecular formula is C24H28N2O6. The standard InChI is InChI=1S/C24H28N2O6/c1-3-31-18-7-5-17(6-8-18)21-20(22(27)19-9-4-16(2)32-19)23(28)24(29)26(21)11-10-25-12-14-30-15-13-25/h4-9,21,28H,3,10-15H2,1-2H3. The second-order valence-electron chi connectivity index (χ2n) is 7.86. The van der Waals surface area contributed by atoms with Crippen molar-refractivity contribution in [1.29, 1.82) is 0 Å². The van der Waals surface area contributed by atoms with E-state index in [2.05, 4.69) is 4.90 Å². The van der Waals surface area contributed by atoms with Gasteiger partial charge in [-0.2, -0.15) is 0 Å². The zero-order valence-corrected chi connectivity index (χ0v) is 18.4. The molecule has 2 aliphatic rings. The summed E-state index contributed by atoms with van der Waals surface area (Å²) in [6.45, 7) is 8.05. The number of benzene rings is 1. The Labute approximate surface area is 187 Å². The van der Waals surface area contributed by atoms with Crippen molar-refractivity contribution in [3.8, 4) is 5.75 Å². The van der Waals surface area contributed by atoms with Crippen LogP contribution in [0.5, 0.6) is 5.75 Å². The van der Waals surface area contributed by atoms with Crippen molar-refractivity contribution in [2.24, 2.45) is 0 Å². The van der Waals surface area contributed by atoms with E-state index in [9.17, 15) is 14.7 Å². The SMILES string of the molecule is CCOc1ccc(C2C(C(=O)c3ccc(C)o3)=C(O)C(=O)N2CCN2CCOCC2)cc1. The number of amides is 1. The lowest BCUT2D eigenvalue weighted by Crippen LogP contribution is -2.43. The first-order valence-corrected chi connectivity index (χ1v) is 10.9. The van der Waals surface area contributed by atoms with Crippen LogP contribution >= 0.6 is 0 Å². The maximum absolute atomic E-state index is 13.3. The summed E-state index contributed by atoms with van der Waals surface area (Å²) in [7, 11) is 0. The summed E-state index contributed by atoms with van der Waals surface area (Å²) >= 11 is 0. The predicted molar refractivity (Wildman–Crippen MR) is 117 cm³/mol. The zero-order valence-electron chi connectivity index (χ0n) is 18.4. The van der Waals surface area contributed by atoms with E-state index in [1.807, 2.05) is 19.1 Å². The third-order valence-electron chi connectivity index (χ3n) is 5.78. The number of aryl methyl sites for hydroxylation is 1. The van der Waals surface area contributed by atoms with Gasteiger partial charge in [0.15, 0.2) is 11.5 Å². The number of ketones is 1. The molecule has 2 aliphatic heterocycles. The molecule has 0 aliphatic carbocycles. The smallest absolute Gasteiger partial charge is 0.290 e. The van der Waals surface area contributed by atoms with Gasteiger partial charge in [-0.25, -0.2) is 0 Å². The highest BCUT2D eigenvalue weighted by molar-refractivity contribution is 6.15. The molecule has 1 fully saturated rings. The van der Waals surface area contributed by atoms with Crippen molar-refractivity contribution < 1.29 is 28.6 Å². The molecule has 0 bridgehead atoms.